The third kappa shape index (κ3) is 4.22. The largest absolute Gasteiger partial charge is 0.465 e. The van der Waals surface area contributed by atoms with E-state index in [-0.39, 0.29) is 39.7 Å². The zero-order chi connectivity index (χ0) is 27.0. The summed E-state index contributed by atoms with van der Waals surface area (Å²) in [4.78, 5) is 23.7. The third-order valence-corrected chi connectivity index (χ3v) is 12.8. The molecule has 0 aromatic rings. The number of ether oxygens (including phenoxy) is 2. The molecular formula is C33H52O4. The van der Waals surface area contributed by atoms with Gasteiger partial charge in [-0.05, 0) is 104 Å². The summed E-state index contributed by atoms with van der Waals surface area (Å²) in [6, 6.07) is 0. The average Bonchev–Trinajstić information content (AvgIpc) is 2.79. The molecule has 0 aromatic heterocycles. The lowest BCUT2D eigenvalue weighted by Crippen LogP contribution is -2.62. The van der Waals surface area contributed by atoms with Crippen molar-refractivity contribution in [2.24, 2.45) is 50.7 Å². The molecule has 0 radical (unpaired) electrons. The Morgan fingerprint density at radius 2 is 1.59 bits per heavy atom. The van der Waals surface area contributed by atoms with E-state index in [1.165, 1.54) is 44.9 Å². The first-order chi connectivity index (χ1) is 17.1. The molecular weight excluding hydrogens is 460 g/mol. The Bertz CT molecular complexity index is 977. The Morgan fingerprint density at radius 1 is 0.865 bits per heavy atom. The van der Waals surface area contributed by atoms with Crippen LogP contribution in [-0.4, -0.2) is 24.6 Å². The molecule has 0 N–H and O–H groups in total. The fourth-order valence-corrected chi connectivity index (χ4v) is 11.0. The predicted octanol–water partition coefficient (Wildman–Crippen LogP) is 7.89. The molecule has 0 bridgehead atoms. The van der Waals surface area contributed by atoms with Crippen LogP contribution in [0.2, 0.25) is 0 Å². The maximum atomic E-state index is 11.9. The van der Waals surface area contributed by atoms with Crippen molar-refractivity contribution in [3.63, 3.8) is 0 Å². The Balaban J connectivity index is 1.47. The molecule has 0 saturated heterocycles. The SMILES string of the molecule is CC(=O)OC[C@]12CC=C3[C@@H](CC[C@@H]4[C@]5(C)CC[C@H](OC(C)=O)C(C)(C)[C@H]5CC[C@@]34C)[C@H]1CC(C)(C)CC2. The maximum absolute atomic E-state index is 11.9. The second-order valence-corrected chi connectivity index (χ2v) is 15.7. The van der Waals surface area contributed by atoms with Crippen LogP contribution in [0.25, 0.3) is 0 Å². The Hall–Kier alpha value is -1.32. The molecule has 37 heavy (non-hydrogen) atoms. The molecule has 0 aromatic carbocycles. The van der Waals surface area contributed by atoms with Crippen molar-refractivity contribution in [2.75, 3.05) is 6.61 Å². The number of rotatable bonds is 3. The fourth-order valence-electron chi connectivity index (χ4n) is 11.0. The van der Waals surface area contributed by atoms with Crippen molar-refractivity contribution in [1.29, 1.82) is 0 Å². The number of allylic oxidation sites excluding steroid dienone is 2. The molecule has 8 atom stereocenters. The second kappa shape index (κ2) is 8.85. The number of carbonyl (C=O) groups is 2. The molecule has 4 nitrogen and oxygen atoms in total. The minimum Gasteiger partial charge on any atom is -0.465 e. The van der Waals surface area contributed by atoms with Gasteiger partial charge >= 0.3 is 11.9 Å². The van der Waals surface area contributed by atoms with Gasteiger partial charge in [0.1, 0.15) is 6.10 Å². The lowest BCUT2D eigenvalue weighted by Gasteiger charge is -2.68. The number of hydrogen-bond acceptors (Lipinski definition) is 4. The number of carbonyl (C=O) groups excluding carboxylic acids is 2. The van der Waals surface area contributed by atoms with E-state index in [2.05, 4.69) is 47.6 Å². The normalized spacial score (nSPS) is 45.7. The maximum Gasteiger partial charge on any atom is 0.302 e. The first-order valence-electron chi connectivity index (χ1n) is 15.2. The van der Waals surface area contributed by atoms with Crippen molar-refractivity contribution in [3.8, 4) is 0 Å². The van der Waals surface area contributed by atoms with Crippen LogP contribution >= 0.6 is 0 Å². The summed E-state index contributed by atoms with van der Waals surface area (Å²) < 4.78 is 11.7. The van der Waals surface area contributed by atoms with Crippen LogP contribution in [0.3, 0.4) is 0 Å². The van der Waals surface area contributed by atoms with Gasteiger partial charge in [-0.2, -0.15) is 0 Å². The number of hydrogen-bond donors (Lipinski definition) is 0. The molecule has 0 amide bonds. The molecule has 5 rings (SSSR count). The Morgan fingerprint density at radius 3 is 2.27 bits per heavy atom. The second-order valence-electron chi connectivity index (χ2n) is 15.7. The van der Waals surface area contributed by atoms with Crippen molar-refractivity contribution < 1.29 is 19.1 Å². The molecule has 208 valence electrons. The van der Waals surface area contributed by atoms with Gasteiger partial charge < -0.3 is 9.47 Å². The van der Waals surface area contributed by atoms with Crippen LogP contribution in [0, 0.1) is 50.7 Å². The van der Waals surface area contributed by atoms with Crippen LogP contribution in [-0.2, 0) is 19.1 Å². The van der Waals surface area contributed by atoms with Crippen LogP contribution in [0.5, 0.6) is 0 Å². The molecule has 4 saturated carbocycles. The van der Waals surface area contributed by atoms with Gasteiger partial charge in [0.05, 0.1) is 6.61 Å². The first kappa shape index (κ1) is 27.3. The third-order valence-electron chi connectivity index (χ3n) is 12.8. The minimum atomic E-state index is -0.137. The fraction of sp³-hybridized carbons (Fsp3) is 0.879. The smallest absolute Gasteiger partial charge is 0.302 e. The van der Waals surface area contributed by atoms with Gasteiger partial charge in [-0.25, -0.2) is 0 Å². The van der Waals surface area contributed by atoms with E-state index in [1.54, 1.807) is 19.4 Å². The Labute approximate surface area is 225 Å². The highest BCUT2D eigenvalue weighted by Gasteiger charge is 2.65. The summed E-state index contributed by atoms with van der Waals surface area (Å²) in [6.07, 6.45) is 14.5. The van der Waals surface area contributed by atoms with E-state index in [1.807, 2.05) is 0 Å². The van der Waals surface area contributed by atoms with Crippen molar-refractivity contribution in [2.45, 2.75) is 126 Å². The molecule has 5 aliphatic carbocycles. The lowest BCUT2D eigenvalue weighted by atomic mass is 9.37. The van der Waals surface area contributed by atoms with E-state index in [0.29, 0.717) is 35.7 Å². The van der Waals surface area contributed by atoms with Crippen molar-refractivity contribution >= 4 is 11.9 Å². The van der Waals surface area contributed by atoms with Gasteiger partial charge in [0, 0.05) is 24.7 Å². The first-order valence-corrected chi connectivity index (χ1v) is 15.2. The van der Waals surface area contributed by atoms with Gasteiger partial charge in [-0.15, -0.1) is 0 Å². The zero-order valence-electron chi connectivity index (χ0n) is 24.9. The summed E-state index contributed by atoms with van der Waals surface area (Å²) in [5.74, 6) is 2.21. The summed E-state index contributed by atoms with van der Waals surface area (Å²) in [5, 5.41) is 0. The summed E-state index contributed by atoms with van der Waals surface area (Å²) >= 11 is 0. The monoisotopic (exact) mass is 512 g/mol. The van der Waals surface area contributed by atoms with Crippen molar-refractivity contribution in [3.05, 3.63) is 11.6 Å². The molecule has 0 heterocycles. The van der Waals surface area contributed by atoms with Gasteiger partial charge in [-0.1, -0.05) is 53.2 Å². The molecule has 5 aliphatic rings. The van der Waals surface area contributed by atoms with E-state index in [9.17, 15) is 9.59 Å². The van der Waals surface area contributed by atoms with Crippen LogP contribution in [0.15, 0.2) is 11.6 Å². The van der Waals surface area contributed by atoms with E-state index in [0.717, 1.165) is 19.3 Å². The highest BCUT2D eigenvalue weighted by Crippen LogP contribution is 2.72. The quantitative estimate of drug-likeness (QED) is 0.285. The van der Waals surface area contributed by atoms with Gasteiger partial charge in [0.25, 0.3) is 0 Å². The summed E-state index contributed by atoms with van der Waals surface area (Å²) in [5.41, 5.74) is 2.75. The number of esters is 2. The van der Waals surface area contributed by atoms with Crippen molar-refractivity contribution in [1.82, 2.24) is 0 Å². The lowest BCUT2D eigenvalue weighted by molar-refractivity contribution is -0.195. The molecule has 4 fully saturated rings. The van der Waals surface area contributed by atoms with Crippen LogP contribution < -0.4 is 0 Å². The average molecular weight is 513 g/mol. The highest BCUT2D eigenvalue weighted by atomic mass is 16.5. The standard InChI is InChI=1S/C33H52O4/c1-21(34)36-20-33-16-11-24-23(25(33)19-29(3,4)17-18-33)9-10-27-31(24,7)14-12-26-30(5,6)28(37-22(2)35)13-15-32(26,27)8/h11,23,25-28H,9-10,12-20H2,1-8H3/t23-,25-,26-,27+,28+,31+,32-,33-/m1/s1. The molecule has 0 unspecified atom stereocenters. The van der Waals surface area contributed by atoms with Gasteiger partial charge in [0.15, 0.2) is 0 Å². The van der Waals surface area contributed by atoms with Gasteiger partial charge in [0.2, 0.25) is 0 Å². The van der Waals surface area contributed by atoms with E-state index < -0.39 is 0 Å². The highest BCUT2D eigenvalue weighted by molar-refractivity contribution is 5.66. The number of fused-ring (bicyclic) bond motifs is 7. The van der Waals surface area contributed by atoms with E-state index >= 15 is 0 Å². The summed E-state index contributed by atoms with van der Waals surface area (Å²) in [7, 11) is 0. The molecule has 0 aliphatic heterocycles. The van der Waals surface area contributed by atoms with Crippen LogP contribution in [0.1, 0.15) is 120 Å². The molecule has 4 heteroatoms. The van der Waals surface area contributed by atoms with Gasteiger partial charge in [-0.3, -0.25) is 9.59 Å². The minimum absolute atomic E-state index is 0.00434. The zero-order valence-corrected chi connectivity index (χ0v) is 24.9. The van der Waals surface area contributed by atoms with Crippen LogP contribution in [0.4, 0.5) is 0 Å². The predicted molar refractivity (Wildman–Crippen MR) is 147 cm³/mol. The van der Waals surface area contributed by atoms with E-state index in [4.69, 9.17) is 9.47 Å². The molecule has 0 spiro atoms. The Kier molecular flexibility index (Phi) is 6.52. The summed E-state index contributed by atoms with van der Waals surface area (Å²) in [6.45, 7) is 18.5. The topological polar surface area (TPSA) is 52.6 Å².